The summed E-state index contributed by atoms with van der Waals surface area (Å²) in [5.41, 5.74) is 1.00. The number of aliphatic carboxylic acids is 1. The van der Waals surface area contributed by atoms with Crippen LogP contribution in [0, 0.1) is 5.92 Å². The van der Waals surface area contributed by atoms with Crippen molar-refractivity contribution in [3.05, 3.63) is 21.9 Å². The van der Waals surface area contributed by atoms with E-state index in [0.717, 1.165) is 51.1 Å². The van der Waals surface area contributed by atoms with Crippen LogP contribution in [-0.4, -0.2) is 42.3 Å². The molecule has 19 heavy (non-hydrogen) atoms. The second kappa shape index (κ2) is 5.61. The third-order valence-electron chi connectivity index (χ3n) is 4.05. The summed E-state index contributed by atoms with van der Waals surface area (Å²) in [4.78, 5) is 15.0. The van der Waals surface area contributed by atoms with E-state index in [-0.39, 0.29) is 0 Å². The van der Waals surface area contributed by atoms with Crippen LogP contribution in [0.25, 0.3) is 0 Å². The van der Waals surface area contributed by atoms with E-state index in [1.165, 1.54) is 4.88 Å². The zero-order valence-electron chi connectivity index (χ0n) is 10.9. The van der Waals surface area contributed by atoms with Crippen LogP contribution in [0.3, 0.4) is 0 Å². The van der Waals surface area contributed by atoms with Gasteiger partial charge in [0.1, 0.15) is 6.04 Å². The van der Waals surface area contributed by atoms with Gasteiger partial charge in [-0.1, -0.05) is 0 Å². The fourth-order valence-corrected chi connectivity index (χ4v) is 4.04. The van der Waals surface area contributed by atoms with E-state index >= 15 is 0 Å². The Labute approximate surface area is 117 Å². The molecule has 1 N–H and O–H groups in total. The van der Waals surface area contributed by atoms with Gasteiger partial charge in [0.25, 0.3) is 0 Å². The maximum atomic E-state index is 11.6. The average molecular weight is 281 g/mol. The fraction of sp³-hybridized carbons (Fsp3) is 0.643. The molecule has 2 aliphatic heterocycles. The normalized spacial score (nSPS) is 28.0. The van der Waals surface area contributed by atoms with Gasteiger partial charge < -0.3 is 9.84 Å². The zero-order valence-corrected chi connectivity index (χ0v) is 11.7. The van der Waals surface area contributed by atoms with Crippen molar-refractivity contribution in [2.75, 3.05) is 26.3 Å². The van der Waals surface area contributed by atoms with Crippen molar-refractivity contribution < 1.29 is 14.6 Å². The highest BCUT2D eigenvalue weighted by atomic mass is 32.1. The minimum atomic E-state index is -0.726. The maximum Gasteiger partial charge on any atom is 0.325 e. The first-order chi connectivity index (χ1) is 9.25. The van der Waals surface area contributed by atoms with Gasteiger partial charge in [0.15, 0.2) is 0 Å². The number of thiophene rings is 1. The summed E-state index contributed by atoms with van der Waals surface area (Å²) in [7, 11) is 0. The monoisotopic (exact) mass is 281 g/mol. The Morgan fingerprint density at radius 2 is 2.47 bits per heavy atom. The average Bonchev–Trinajstić information content (AvgIpc) is 2.87. The molecule has 5 heteroatoms. The highest BCUT2D eigenvalue weighted by Gasteiger charge is 2.34. The van der Waals surface area contributed by atoms with Crippen LogP contribution in [0.2, 0.25) is 0 Å². The second-order valence-electron chi connectivity index (χ2n) is 5.37. The summed E-state index contributed by atoms with van der Waals surface area (Å²) in [6.07, 6.45) is 3.23. The number of hydrogen-bond donors (Lipinski definition) is 1. The summed E-state index contributed by atoms with van der Waals surface area (Å²) >= 11 is 1.68. The molecule has 3 heterocycles. The van der Waals surface area contributed by atoms with E-state index in [2.05, 4.69) is 4.90 Å². The highest BCUT2D eigenvalue weighted by molar-refractivity contribution is 7.10. The molecule has 0 radical (unpaired) electrons. The van der Waals surface area contributed by atoms with Crippen molar-refractivity contribution in [3.8, 4) is 0 Å². The van der Waals surface area contributed by atoms with Crippen molar-refractivity contribution >= 4 is 17.3 Å². The molecule has 1 fully saturated rings. The van der Waals surface area contributed by atoms with Gasteiger partial charge in [-0.2, -0.15) is 0 Å². The van der Waals surface area contributed by atoms with Gasteiger partial charge >= 0.3 is 5.97 Å². The van der Waals surface area contributed by atoms with E-state index in [0.29, 0.717) is 5.92 Å². The van der Waals surface area contributed by atoms with Crippen molar-refractivity contribution in [3.63, 3.8) is 0 Å². The molecule has 0 aliphatic carbocycles. The first-order valence-corrected chi connectivity index (χ1v) is 7.74. The fourth-order valence-electron chi connectivity index (χ4n) is 3.14. The number of nitrogens with zero attached hydrogens (tertiary/aromatic N) is 1. The largest absolute Gasteiger partial charge is 0.480 e. The lowest BCUT2D eigenvalue weighted by Crippen LogP contribution is -2.43. The number of rotatable bonds is 3. The van der Waals surface area contributed by atoms with Crippen molar-refractivity contribution in [2.45, 2.75) is 25.3 Å². The lowest BCUT2D eigenvalue weighted by molar-refractivity contribution is -0.144. The van der Waals surface area contributed by atoms with Gasteiger partial charge in [-0.05, 0) is 42.2 Å². The molecule has 0 bridgehead atoms. The zero-order chi connectivity index (χ0) is 13.2. The molecule has 1 saturated heterocycles. The SMILES string of the molecule is O=C(O)C1c2ccsc2CCN1CC1CCCOC1. The molecule has 1 aromatic heterocycles. The number of fused-ring (bicyclic) bond motifs is 1. The Kier molecular flexibility index (Phi) is 3.86. The molecule has 0 saturated carbocycles. The van der Waals surface area contributed by atoms with Crippen LogP contribution in [0.4, 0.5) is 0 Å². The van der Waals surface area contributed by atoms with Gasteiger partial charge in [0.05, 0.1) is 6.61 Å². The third-order valence-corrected chi connectivity index (χ3v) is 5.04. The second-order valence-corrected chi connectivity index (χ2v) is 6.37. The summed E-state index contributed by atoms with van der Waals surface area (Å²) in [6.45, 7) is 3.32. The first kappa shape index (κ1) is 13.1. The molecule has 0 spiro atoms. The molecule has 2 aliphatic rings. The number of ether oxygens (including phenoxy) is 1. The summed E-state index contributed by atoms with van der Waals surface area (Å²) in [5, 5.41) is 11.5. The predicted octanol–water partition coefficient (Wildman–Crippen LogP) is 2.16. The lowest BCUT2D eigenvalue weighted by Gasteiger charge is -2.36. The van der Waals surface area contributed by atoms with Gasteiger partial charge in [0.2, 0.25) is 0 Å². The number of carbonyl (C=O) groups is 1. The summed E-state index contributed by atoms with van der Waals surface area (Å²) in [6, 6.07) is 1.51. The van der Waals surface area contributed by atoms with Crippen LogP contribution >= 0.6 is 11.3 Å². The molecule has 1 aromatic rings. The molecule has 0 aromatic carbocycles. The van der Waals surface area contributed by atoms with Crippen LogP contribution in [0.15, 0.2) is 11.4 Å². The minimum absolute atomic E-state index is 0.461. The van der Waals surface area contributed by atoms with E-state index in [1.807, 2.05) is 11.4 Å². The van der Waals surface area contributed by atoms with Gasteiger partial charge in [0, 0.05) is 24.6 Å². The quantitative estimate of drug-likeness (QED) is 0.922. The molecule has 3 rings (SSSR count). The standard InChI is InChI=1S/C14H19NO3S/c16-14(17)13-11-4-7-19-12(11)3-5-15(13)8-10-2-1-6-18-9-10/h4,7,10,13H,1-3,5-6,8-9H2,(H,16,17). The third kappa shape index (κ3) is 2.68. The molecule has 2 unspecified atom stereocenters. The van der Waals surface area contributed by atoms with E-state index in [9.17, 15) is 9.90 Å². The smallest absolute Gasteiger partial charge is 0.325 e. The molecular weight excluding hydrogens is 262 g/mol. The van der Waals surface area contributed by atoms with Crippen molar-refractivity contribution in [1.82, 2.24) is 4.90 Å². The van der Waals surface area contributed by atoms with Crippen LogP contribution in [-0.2, 0) is 16.0 Å². The molecule has 2 atom stereocenters. The Morgan fingerprint density at radius 1 is 1.58 bits per heavy atom. The Hall–Kier alpha value is -0.910. The van der Waals surface area contributed by atoms with E-state index in [1.54, 1.807) is 11.3 Å². The Balaban J connectivity index is 1.75. The number of carboxylic acids is 1. The number of carboxylic acid groups (broad SMARTS) is 1. The summed E-state index contributed by atoms with van der Waals surface area (Å²) in [5.74, 6) is -0.244. The predicted molar refractivity (Wildman–Crippen MR) is 73.5 cm³/mol. The van der Waals surface area contributed by atoms with Gasteiger partial charge in [-0.3, -0.25) is 9.69 Å². The topological polar surface area (TPSA) is 49.8 Å². The van der Waals surface area contributed by atoms with Gasteiger partial charge in [-0.25, -0.2) is 0 Å². The number of hydrogen-bond acceptors (Lipinski definition) is 4. The van der Waals surface area contributed by atoms with Crippen molar-refractivity contribution in [2.24, 2.45) is 5.92 Å². The van der Waals surface area contributed by atoms with Crippen LogP contribution in [0.1, 0.15) is 29.3 Å². The minimum Gasteiger partial charge on any atom is -0.480 e. The van der Waals surface area contributed by atoms with Crippen LogP contribution in [0.5, 0.6) is 0 Å². The van der Waals surface area contributed by atoms with E-state index in [4.69, 9.17) is 4.74 Å². The maximum absolute atomic E-state index is 11.6. The molecule has 4 nitrogen and oxygen atoms in total. The molecule has 104 valence electrons. The lowest BCUT2D eigenvalue weighted by atomic mass is 9.96. The summed E-state index contributed by atoms with van der Waals surface area (Å²) < 4.78 is 5.50. The van der Waals surface area contributed by atoms with Crippen LogP contribution < -0.4 is 0 Å². The Morgan fingerprint density at radius 3 is 3.21 bits per heavy atom. The van der Waals surface area contributed by atoms with Crippen molar-refractivity contribution in [1.29, 1.82) is 0 Å². The first-order valence-electron chi connectivity index (χ1n) is 6.86. The van der Waals surface area contributed by atoms with E-state index < -0.39 is 12.0 Å². The Bertz CT molecular complexity index is 453. The molecular formula is C14H19NO3S. The highest BCUT2D eigenvalue weighted by Crippen LogP contribution is 2.34. The van der Waals surface area contributed by atoms with Gasteiger partial charge in [-0.15, -0.1) is 11.3 Å². The molecule has 0 amide bonds.